The van der Waals surface area contributed by atoms with E-state index >= 15 is 0 Å². The Morgan fingerprint density at radius 1 is 1.53 bits per heavy atom. The number of carbonyl (C=O) groups is 1. The zero-order chi connectivity index (χ0) is 12.7. The van der Waals surface area contributed by atoms with E-state index in [0.717, 1.165) is 12.8 Å². The van der Waals surface area contributed by atoms with Gasteiger partial charge in [-0.25, -0.2) is 4.79 Å². The predicted octanol–water partition coefficient (Wildman–Crippen LogP) is 1.15. The molecule has 5 heteroatoms. The topological polar surface area (TPSA) is 59.0 Å². The molecule has 1 heterocycles. The van der Waals surface area contributed by atoms with Crippen molar-refractivity contribution in [2.45, 2.75) is 50.9 Å². The van der Waals surface area contributed by atoms with Crippen LogP contribution < -0.4 is 0 Å². The third kappa shape index (κ3) is 3.10. The minimum atomic E-state index is -0.485. The first kappa shape index (κ1) is 12.6. The standard InChI is InChI=1S/C12H21NO4/c1-11(2,3)17-10(15)13-6-9(7-14)16-12(8-13)4-5-12/h9,14H,4-8H2,1-3H3/t9-/m0/s1. The molecule has 2 aliphatic rings. The summed E-state index contributed by atoms with van der Waals surface area (Å²) in [6, 6.07) is 0. The van der Waals surface area contributed by atoms with Gasteiger partial charge in [0.2, 0.25) is 0 Å². The second kappa shape index (κ2) is 4.14. The minimum Gasteiger partial charge on any atom is -0.444 e. The maximum Gasteiger partial charge on any atom is 0.410 e. The second-order valence-electron chi connectivity index (χ2n) is 5.97. The zero-order valence-electron chi connectivity index (χ0n) is 10.7. The maximum atomic E-state index is 12.0. The lowest BCUT2D eigenvalue weighted by Crippen LogP contribution is -2.53. The SMILES string of the molecule is CC(C)(C)OC(=O)N1C[C@@H](CO)OC2(CC2)C1. The fourth-order valence-electron chi connectivity index (χ4n) is 2.06. The van der Waals surface area contributed by atoms with E-state index in [1.807, 2.05) is 20.8 Å². The number of nitrogens with zero attached hydrogens (tertiary/aromatic N) is 1. The Labute approximate surface area is 102 Å². The van der Waals surface area contributed by atoms with Crippen molar-refractivity contribution in [1.29, 1.82) is 0 Å². The van der Waals surface area contributed by atoms with Gasteiger partial charge >= 0.3 is 6.09 Å². The maximum absolute atomic E-state index is 12.0. The summed E-state index contributed by atoms with van der Waals surface area (Å²) in [6.45, 7) is 6.48. The summed E-state index contributed by atoms with van der Waals surface area (Å²) in [5.74, 6) is 0. The molecule has 17 heavy (non-hydrogen) atoms. The van der Waals surface area contributed by atoms with E-state index in [9.17, 15) is 9.90 Å². The summed E-state index contributed by atoms with van der Waals surface area (Å²) in [7, 11) is 0. The highest BCUT2D eigenvalue weighted by Crippen LogP contribution is 2.43. The van der Waals surface area contributed by atoms with Crippen molar-refractivity contribution in [3.8, 4) is 0 Å². The van der Waals surface area contributed by atoms with E-state index in [1.165, 1.54) is 0 Å². The van der Waals surface area contributed by atoms with Crippen molar-refractivity contribution in [2.24, 2.45) is 0 Å². The lowest BCUT2D eigenvalue weighted by molar-refractivity contribution is -0.116. The molecule has 1 aliphatic carbocycles. The molecule has 1 atom stereocenters. The van der Waals surface area contributed by atoms with Gasteiger partial charge in [0.15, 0.2) is 0 Å². The van der Waals surface area contributed by atoms with Gasteiger partial charge in [-0.15, -0.1) is 0 Å². The molecule has 0 aromatic carbocycles. The lowest BCUT2D eigenvalue weighted by atomic mass is 10.2. The average Bonchev–Trinajstić information content (AvgIpc) is 2.94. The van der Waals surface area contributed by atoms with Crippen molar-refractivity contribution >= 4 is 6.09 Å². The van der Waals surface area contributed by atoms with E-state index in [0.29, 0.717) is 13.1 Å². The van der Waals surface area contributed by atoms with Crippen LogP contribution in [0.5, 0.6) is 0 Å². The molecule has 1 saturated heterocycles. The van der Waals surface area contributed by atoms with Gasteiger partial charge in [0.1, 0.15) is 5.60 Å². The number of morpholine rings is 1. The van der Waals surface area contributed by atoms with Crippen molar-refractivity contribution in [3.05, 3.63) is 0 Å². The summed E-state index contributed by atoms with van der Waals surface area (Å²) >= 11 is 0. The Balaban J connectivity index is 1.98. The van der Waals surface area contributed by atoms with Crippen LogP contribution in [0.1, 0.15) is 33.6 Å². The first-order valence-corrected chi connectivity index (χ1v) is 6.10. The van der Waals surface area contributed by atoms with Crippen LogP contribution >= 0.6 is 0 Å². The normalized spacial score (nSPS) is 27.1. The summed E-state index contributed by atoms with van der Waals surface area (Å²) in [5.41, 5.74) is -0.691. The Morgan fingerprint density at radius 3 is 2.65 bits per heavy atom. The van der Waals surface area contributed by atoms with Gasteiger partial charge in [-0.1, -0.05) is 0 Å². The Hall–Kier alpha value is -0.810. The van der Waals surface area contributed by atoms with Crippen LogP contribution in [0.4, 0.5) is 4.79 Å². The van der Waals surface area contributed by atoms with E-state index in [4.69, 9.17) is 9.47 Å². The van der Waals surface area contributed by atoms with Crippen LogP contribution in [-0.4, -0.2) is 53.1 Å². The molecule has 1 spiro atoms. The zero-order valence-corrected chi connectivity index (χ0v) is 10.7. The highest BCUT2D eigenvalue weighted by Gasteiger charge is 2.51. The van der Waals surface area contributed by atoms with Crippen molar-refractivity contribution in [2.75, 3.05) is 19.7 Å². The first-order valence-electron chi connectivity index (χ1n) is 6.10. The highest BCUT2D eigenvalue weighted by molar-refractivity contribution is 5.68. The minimum absolute atomic E-state index is 0.0545. The highest BCUT2D eigenvalue weighted by atomic mass is 16.6. The number of rotatable bonds is 1. The fraction of sp³-hybridized carbons (Fsp3) is 0.917. The quantitative estimate of drug-likeness (QED) is 0.750. The van der Waals surface area contributed by atoms with Crippen LogP contribution in [0.25, 0.3) is 0 Å². The third-order valence-corrected chi connectivity index (χ3v) is 2.98. The molecule has 2 fully saturated rings. The number of hydrogen-bond acceptors (Lipinski definition) is 4. The van der Waals surface area contributed by atoms with Crippen molar-refractivity contribution in [3.63, 3.8) is 0 Å². The molecule has 0 aromatic rings. The third-order valence-electron chi connectivity index (χ3n) is 2.98. The van der Waals surface area contributed by atoms with Gasteiger partial charge in [-0.05, 0) is 33.6 Å². The number of carbonyl (C=O) groups excluding carboxylic acids is 1. The van der Waals surface area contributed by atoms with Crippen LogP contribution in [0.3, 0.4) is 0 Å². The molecular formula is C12H21NO4. The largest absolute Gasteiger partial charge is 0.444 e. The Morgan fingerprint density at radius 2 is 2.18 bits per heavy atom. The molecule has 1 amide bonds. The van der Waals surface area contributed by atoms with Gasteiger partial charge in [0, 0.05) is 0 Å². The summed E-state index contributed by atoms with van der Waals surface area (Å²) < 4.78 is 11.1. The van der Waals surface area contributed by atoms with Gasteiger partial charge in [0.25, 0.3) is 0 Å². The fourth-order valence-corrected chi connectivity index (χ4v) is 2.06. The number of hydrogen-bond donors (Lipinski definition) is 1. The summed E-state index contributed by atoms with van der Waals surface area (Å²) in [4.78, 5) is 13.6. The van der Waals surface area contributed by atoms with Crippen LogP contribution in [0.2, 0.25) is 0 Å². The van der Waals surface area contributed by atoms with Gasteiger partial charge in [-0.3, -0.25) is 0 Å². The van der Waals surface area contributed by atoms with E-state index in [2.05, 4.69) is 0 Å². The number of ether oxygens (including phenoxy) is 2. The van der Waals surface area contributed by atoms with Gasteiger partial charge in [-0.2, -0.15) is 0 Å². The molecule has 0 aromatic heterocycles. The van der Waals surface area contributed by atoms with Crippen molar-refractivity contribution in [1.82, 2.24) is 4.90 Å². The molecule has 1 N–H and O–H groups in total. The monoisotopic (exact) mass is 243 g/mol. The summed E-state index contributed by atoms with van der Waals surface area (Å²) in [6.07, 6.45) is 1.33. The molecule has 5 nitrogen and oxygen atoms in total. The van der Waals surface area contributed by atoms with Crippen LogP contribution in [-0.2, 0) is 9.47 Å². The molecule has 0 radical (unpaired) electrons. The molecule has 98 valence electrons. The molecule has 2 rings (SSSR count). The van der Waals surface area contributed by atoms with Gasteiger partial charge < -0.3 is 19.5 Å². The molecule has 0 bridgehead atoms. The second-order valence-corrected chi connectivity index (χ2v) is 5.97. The van der Waals surface area contributed by atoms with Crippen LogP contribution in [0, 0.1) is 0 Å². The number of aliphatic hydroxyl groups is 1. The lowest BCUT2D eigenvalue weighted by Gasteiger charge is -2.38. The van der Waals surface area contributed by atoms with Gasteiger partial charge in [0.05, 0.1) is 31.4 Å². The molecular weight excluding hydrogens is 222 g/mol. The van der Waals surface area contributed by atoms with Crippen molar-refractivity contribution < 1.29 is 19.4 Å². The predicted molar refractivity (Wildman–Crippen MR) is 61.7 cm³/mol. The summed E-state index contributed by atoms with van der Waals surface area (Å²) in [5, 5.41) is 9.18. The van der Waals surface area contributed by atoms with E-state index in [-0.39, 0.29) is 24.4 Å². The molecule has 0 unspecified atom stereocenters. The number of amides is 1. The molecule has 1 aliphatic heterocycles. The number of aliphatic hydroxyl groups excluding tert-OH is 1. The Kier molecular flexibility index (Phi) is 3.08. The van der Waals surface area contributed by atoms with E-state index < -0.39 is 5.60 Å². The Bertz CT molecular complexity index is 306. The smallest absolute Gasteiger partial charge is 0.410 e. The first-order chi connectivity index (χ1) is 7.84. The van der Waals surface area contributed by atoms with E-state index in [1.54, 1.807) is 4.90 Å². The van der Waals surface area contributed by atoms with Crippen LogP contribution in [0.15, 0.2) is 0 Å². The molecule has 1 saturated carbocycles. The average molecular weight is 243 g/mol.